The molecule has 7 aliphatic rings. The Morgan fingerprint density at radius 3 is 2.31 bits per heavy atom. The third-order valence-electron chi connectivity index (χ3n) is 16.1. The Balaban J connectivity index is 1.31. The van der Waals surface area contributed by atoms with E-state index in [1.54, 1.807) is 0 Å². The van der Waals surface area contributed by atoms with Crippen molar-refractivity contribution in [2.75, 3.05) is 0 Å². The van der Waals surface area contributed by atoms with Crippen molar-refractivity contribution in [2.24, 2.45) is 69.5 Å². The van der Waals surface area contributed by atoms with E-state index in [0.717, 1.165) is 64.2 Å². The number of unbranched alkanes of at least 4 members (excludes halogenated alkanes) is 7. The fourth-order valence-electron chi connectivity index (χ4n) is 13.6. The number of cyclic esters (lactones) is 4. The van der Waals surface area contributed by atoms with E-state index in [-0.39, 0.29) is 48.3 Å². The van der Waals surface area contributed by atoms with Crippen molar-refractivity contribution in [1.29, 1.82) is 0 Å². The Hall–Kier alpha value is -3.12. The number of rotatable bonds is 21. The van der Waals surface area contributed by atoms with Crippen molar-refractivity contribution in [3.63, 3.8) is 0 Å². The summed E-state index contributed by atoms with van der Waals surface area (Å²) in [4.78, 5) is 90.4. The molecule has 13 atom stereocenters. The lowest BCUT2D eigenvalue weighted by Gasteiger charge is -2.72. The van der Waals surface area contributed by atoms with Crippen LogP contribution < -0.4 is 0 Å². The summed E-state index contributed by atoms with van der Waals surface area (Å²) in [5.41, 5.74) is -2.11. The molecular weight excluding hydrogens is 744 g/mol. The van der Waals surface area contributed by atoms with Gasteiger partial charge in [0.15, 0.2) is 0 Å². The second kappa shape index (κ2) is 18.2. The highest BCUT2D eigenvalue weighted by Crippen LogP contribution is 2.76. The van der Waals surface area contributed by atoms with Gasteiger partial charge in [0.2, 0.25) is 0 Å². The molecule has 2 aliphatic heterocycles. The Morgan fingerprint density at radius 1 is 0.897 bits per heavy atom. The third-order valence-corrected chi connectivity index (χ3v) is 16.1. The molecule has 5 aliphatic carbocycles. The molecule has 324 valence electrons. The monoisotopic (exact) mass is 812 g/mol. The number of carboxylic acids is 2. The van der Waals surface area contributed by atoms with Crippen molar-refractivity contribution < 1.29 is 58.2 Å². The van der Waals surface area contributed by atoms with Gasteiger partial charge in [-0.15, -0.1) is 0 Å². The Morgan fingerprint density at radius 2 is 1.64 bits per heavy atom. The highest BCUT2D eigenvalue weighted by atomic mass is 17.2. The molecule has 2 N–H and O–H groups in total. The van der Waals surface area contributed by atoms with Gasteiger partial charge in [0.1, 0.15) is 12.2 Å². The standard InChI is InChI=1S/C46H68O12/c1-6-7-8-10-14-18-29(24-28(30-26-35(49)55-40(30)50)17-13-11-9-12-15-19-34(47)48)57-58-39-36(27(2)3)31-25-33-44(4)21-16-22-45(5,43(53)54)32(44)20-23-46(33,39)38-37(31)41(51)56-42(38)52/h14,18,27-33,36-39H,6-13,15-17,19-26H2,1-5H3,(H,47,48)(H,53,54). The van der Waals surface area contributed by atoms with Crippen molar-refractivity contribution in [3.8, 4) is 0 Å². The molecule has 7 rings (SSSR count). The zero-order valence-electron chi connectivity index (χ0n) is 35.4. The number of esters is 4. The third kappa shape index (κ3) is 8.31. The van der Waals surface area contributed by atoms with Crippen molar-refractivity contribution in [2.45, 2.75) is 169 Å². The van der Waals surface area contributed by atoms with E-state index in [4.69, 9.17) is 24.4 Å². The van der Waals surface area contributed by atoms with E-state index in [2.05, 4.69) is 33.8 Å². The summed E-state index contributed by atoms with van der Waals surface area (Å²) in [7, 11) is 0. The minimum absolute atomic E-state index is 0.00857. The lowest BCUT2D eigenvalue weighted by atomic mass is 9.31. The molecule has 0 aromatic carbocycles. The quantitative estimate of drug-likeness (QED) is 0.0282. The second-order valence-electron chi connectivity index (χ2n) is 19.7. The van der Waals surface area contributed by atoms with Gasteiger partial charge in [-0.25, -0.2) is 9.78 Å². The molecular formula is C46H68O12. The second-order valence-corrected chi connectivity index (χ2v) is 19.7. The van der Waals surface area contributed by atoms with E-state index in [1.807, 2.05) is 13.0 Å². The number of hydrogen-bond acceptors (Lipinski definition) is 10. The van der Waals surface area contributed by atoms with Crippen molar-refractivity contribution in [1.82, 2.24) is 0 Å². The molecule has 2 heterocycles. The zero-order valence-corrected chi connectivity index (χ0v) is 35.4. The van der Waals surface area contributed by atoms with Gasteiger partial charge < -0.3 is 19.7 Å². The predicted molar refractivity (Wildman–Crippen MR) is 211 cm³/mol. The van der Waals surface area contributed by atoms with Crippen LogP contribution in [0.3, 0.4) is 0 Å². The molecule has 12 nitrogen and oxygen atoms in total. The van der Waals surface area contributed by atoms with E-state index in [0.29, 0.717) is 44.9 Å². The molecule has 0 radical (unpaired) electrons. The van der Waals surface area contributed by atoms with Crippen LogP contribution in [0.25, 0.3) is 0 Å². The first-order chi connectivity index (χ1) is 27.6. The molecule has 5 saturated carbocycles. The maximum atomic E-state index is 14.0. The summed E-state index contributed by atoms with van der Waals surface area (Å²) >= 11 is 0. The lowest BCUT2D eigenvalue weighted by Crippen LogP contribution is -2.73. The highest BCUT2D eigenvalue weighted by Gasteiger charge is 2.78. The Kier molecular flexibility index (Phi) is 14.0. The minimum Gasteiger partial charge on any atom is -0.481 e. The molecule has 2 saturated heterocycles. The van der Waals surface area contributed by atoms with Crippen LogP contribution in [0, 0.1) is 69.5 Å². The molecule has 7 fully saturated rings. The van der Waals surface area contributed by atoms with Crippen LogP contribution in [0.1, 0.15) is 157 Å². The summed E-state index contributed by atoms with van der Waals surface area (Å²) in [5, 5.41) is 19.6. The fraction of sp³-hybridized carbons (Fsp3) is 0.826. The van der Waals surface area contributed by atoms with Crippen LogP contribution in [-0.4, -0.2) is 58.2 Å². The highest BCUT2D eigenvalue weighted by molar-refractivity contribution is 5.98. The van der Waals surface area contributed by atoms with E-state index >= 15 is 0 Å². The topological polar surface area (TPSA) is 180 Å². The molecule has 12 heteroatoms. The first-order valence-corrected chi connectivity index (χ1v) is 22.5. The number of ether oxygens (including phenoxy) is 2. The normalized spacial score (nSPS) is 37.7. The van der Waals surface area contributed by atoms with Gasteiger partial charge in [-0.3, -0.25) is 28.8 Å². The summed E-state index contributed by atoms with van der Waals surface area (Å²) in [6, 6.07) is 0. The zero-order chi connectivity index (χ0) is 42.0. The van der Waals surface area contributed by atoms with Crippen LogP contribution in [0.2, 0.25) is 0 Å². The molecule has 13 unspecified atom stereocenters. The van der Waals surface area contributed by atoms with E-state index < -0.39 is 82.0 Å². The molecule has 58 heavy (non-hydrogen) atoms. The first-order valence-electron chi connectivity index (χ1n) is 22.5. The molecule has 0 aromatic rings. The first kappa shape index (κ1) is 44.4. The van der Waals surface area contributed by atoms with Crippen LogP contribution in [0.4, 0.5) is 0 Å². The smallest absolute Gasteiger partial charge is 0.318 e. The largest absolute Gasteiger partial charge is 0.481 e. The maximum Gasteiger partial charge on any atom is 0.318 e. The minimum atomic E-state index is -0.898. The van der Waals surface area contributed by atoms with E-state index in [1.165, 1.54) is 0 Å². The van der Waals surface area contributed by atoms with Crippen molar-refractivity contribution in [3.05, 3.63) is 12.2 Å². The Bertz CT molecular complexity index is 1590. The summed E-state index contributed by atoms with van der Waals surface area (Å²) in [6.45, 7) is 10.5. The SMILES string of the molecule is CCCCCC=CC(CC(CCCCCCCC(=O)O)C1CC(=O)OC1=O)OOC1C(C(C)C)C2CC3C4(C)CCCC(C)(C(=O)O)C4CCC13C1C(=O)OC(=O)C21. The number of allylic oxidation sites excluding steroid dienone is 1. The number of hydrogen-bond donors (Lipinski definition) is 2. The molecule has 0 amide bonds. The van der Waals surface area contributed by atoms with Gasteiger partial charge in [0.05, 0.1) is 29.6 Å². The van der Waals surface area contributed by atoms with Gasteiger partial charge >= 0.3 is 35.8 Å². The number of aliphatic carboxylic acids is 2. The van der Waals surface area contributed by atoms with Gasteiger partial charge in [0.25, 0.3) is 0 Å². The van der Waals surface area contributed by atoms with Crippen LogP contribution in [0.5, 0.6) is 0 Å². The van der Waals surface area contributed by atoms with Gasteiger partial charge in [-0.2, -0.15) is 0 Å². The van der Waals surface area contributed by atoms with Crippen LogP contribution in [0.15, 0.2) is 12.2 Å². The predicted octanol–water partition coefficient (Wildman–Crippen LogP) is 8.63. The summed E-state index contributed by atoms with van der Waals surface area (Å²) in [6.07, 6.45) is 16.1. The number of carboxylic acid groups (broad SMARTS) is 2. The number of carbonyl (C=O) groups is 6. The van der Waals surface area contributed by atoms with Crippen LogP contribution >= 0.6 is 0 Å². The van der Waals surface area contributed by atoms with Gasteiger partial charge in [0, 0.05) is 11.8 Å². The van der Waals surface area contributed by atoms with E-state index in [9.17, 15) is 33.9 Å². The number of fused-ring (bicyclic) bond motifs is 2. The summed E-state index contributed by atoms with van der Waals surface area (Å²) < 4.78 is 10.5. The molecule has 1 spiro atoms. The maximum absolute atomic E-state index is 14.0. The van der Waals surface area contributed by atoms with Crippen molar-refractivity contribution >= 4 is 35.8 Å². The molecule has 0 aromatic heterocycles. The van der Waals surface area contributed by atoms with Crippen LogP contribution in [-0.2, 0) is 48.0 Å². The number of carbonyl (C=O) groups excluding carboxylic acids is 4. The van der Waals surface area contributed by atoms with Gasteiger partial charge in [-0.1, -0.05) is 84.8 Å². The average molecular weight is 813 g/mol. The fourth-order valence-corrected chi connectivity index (χ4v) is 13.6. The Labute approximate surface area is 343 Å². The van der Waals surface area contributed by atoms with Gasteiger partial charge in [-0.05, 0) is 112 Å². The average Bonchev–Trinajstić information content (AvgIpc) is 3.67. The molecule has 2 bridgehead atoms. The summed E-state index contributed by atoms with van der Waals surface area (Å²) in [5.74, 6) is -6.14. The lowest BCUT2D eigenvalue weighted by molar-refractivity contribution is -0.414.